The minimum Gasteiger partial charge on any atom is -0.454 e. The smallest absolute Gasteiger partial charge is 0.228 e. The molecule has 0 spiro atoms. The molecule has 0 saturated heterocycles. The summed E-state index contributed by atoms with van der Waals surface area (Å²) in [4.78, 5) is 24.8. The highest BCUT2D eigenvalue weighted by atomic mass is 35.5. The van der Waals surface area contributed by atoms with E-state index >= 15 is 0 Å². The van der Waals surface area contributed by atoms with E-state index < -0.39 is 0 Å². The van der Waals surface area contributed by atoms with Gasteiger partial charge in [0, 0.05) is 11.8 Å². The van der Waals surface area contributed by atoms with Crippen molar-refractivity contribution < 1.29 is 9.21 Å². The third kappa shape index (κ3) is 3.07. The Labute approximate surface area is 154 Å². The molecule has 0 saturated carbocycles. The highest BCUT2D eigenvalue weighted by Crippen LogP contribution is 2.26. The summed E-state index contributed by atoms with van der Waals surface area (Å²) in [5.74, 6) is -0.142. The molecular formula is C21H14ClNO3. The Morgan fingerprint density at radius 1 is 0.962 bits per heavy atom. The summed E-state index contributed by atoms with van der Waals surface area (Å²) >= 11 is 6.14. The molecular weight excluding hydrogens is 350 g/mol. The third-order valence-corrected chi connectivity index (χ3v) is 4.44. The summed E-state index contributed by atoms with van der Waals surface area (Å²) < 4.78 is 5.82. The molecule has 1 heterocycles. The Kier molecular flexibility index (Phi) is 4.19. The van der Waals surface area contributed by atoms with Crippen molar-refractivity contribution in [2.24, 2.45) is 0 Å². The van der Waals surface area contributed by atoms with Gasteiger partial charge in [0.25, 0.3) is 0 Å². The number of nitrogens with one attached hydrogen (secondary N) is 1. The quantitative estimate of drug-likeness (QED) is 0.533. The number of benzene rings is 3. The van der Waals surface area contributed by atoms with Gasteiger partial charge in [0.2, 0.25) is 11.3 Å². The highest BCUT2D eigenvalue weighted by Gasteiger charge is 2.11. The zero-order chi connectivity index (χ0) is 18.1. The van der Waals surface area contributed by atoms with Crippen molar-refractivity contribution in [3.8, 4) is 0 Å². The Morgan fingerprint density at radius 3 is 2.58 bits per heavy atom. The number of para-hydroxylation sites is 1. The number of carbonyl (C=O) groups excluding carboxylic acids is 1. The van der Waals surface area contributed by atoms with Crippen molar-refractivity contribution >= 4 is 45.1 Å². The largest absolute Gasteiger partial charge is 0.454 e. The van der Waals surface area contributed by atoms with E-state index in [0.717, 1.165) is 5.56 Å². The molecule has 1 N–H and O–H groups in total. The molecule has 0 bridgehead atoms. The zero-order valence-corrected chi connectivity index (χ0v) is 14.4. The fourth-order valence-corrected chi connectivity index (χ4v) is 3.12. The molecule has 0 unspecified atom stereocenters. The molecule has 0 aliphatic rings. The average Bonchev–Trinajstić information content (AvgIpc) is 2.63. The van der Waals surface area contributed by atoms with Gasteiger partial charge in [-0.2, -0.15) is 0 Å². The molecule has 0 aliphatic carbocycles. The van der Waals surface area contributed by atoms with Crippen LogP contribution in [0.4, 0.5) is 5.69 Å². The lowest BCUT2D eigenvalue weighted by atomic mass is 10.1. The molecule has 0 radical (unpaired) electrons. The first-order valence-electron chi connectivity index (χ1n) is 8.11. The van der Waals surface area contributed by atoms with Crippen molar-refractivity contribution in [1.82, 2.24) is 0 Å². The van der Waals surface area contributed by atoms with Gasteiger partial charge in [0.1, 0.15) is 5.58 Å². The zero-order valence-electron chi connectivity index (χ0n) is 13.7. The van der Waals surface area contributed by atoms with Crippen molar-refractivity contribution in [3.05, 3.63) is 87.5 Å². The van der Waals surface area contributed by atoms with E-state index in [9.17, 15) is 9.59 Å². The summed E-state index contributed by atoms with van der Waals surface area (Å²) in [5, 5.41) is 4.09. The van der Waals surface area contributed by atoms with Crippen molar-refractivity contribution in [3.63, 3.8) is 0 Å². The molecule has 26 heavy (non-hydrogen) atoms. The van der Waals surface area contributed by atoms with Gasteiger partial charge < -0.3 is 9.73 Å². The molecule has 0 atom stereocenters. The Bertz CT molecular complexity index is 1180. The number of anilines is 1. The number of halogens is 1. The maximum atomic E-state index is 12.6. The second-order valence-corrected chi connectivity index (χ2v) is 6.38. The van der Waals surface area contributed by atoms with Gasteiger partial charge in [-0.3, -0.25) is 9.59 Å². The van der Waals surface area contributed by atoms with Crippen LogP contribution in [0.15, 0.2) is 75.9 Å². The van der Waals surface area contributed by atoms with E-state index in [1.807, 2.05) is 30.3 Å². The molecule has 1 aromatic heterocycles. The molecule has 0 fully saturated rings. The number of hydrogen-bond acceptors (Lipinski definition) is 3. The number of hydrogen-bond donors (Lipinski definition) is 1. The van der Waals surface area contributed by atoms with Crippen molar-refractivity contribution in [2.75, 3.05) is 5.32 Å². The summed E-state index contributed by atoms with van der Waals surface area (Å²) in [5.41, 5.74) is 2.07. The summed E-state index contributed by atoms with van der Waals surface area (Å²) in [7, 11) is 0. The van der Waals surface area contributed by atoms with Gasteiger partial charge in [-0.05, 0) is 29.8 Å². The van der Waals surface area contributed by atoms with E-state index in [2.05, 4.69) is 5.32 Å². The molecule has 4 aromatic rings. The summed E-state index contributed by atoms with van der Waals surface area (Å²) in [6.07, 6.45) is 0.270. The lowest BCUT2D eigenvalue weighted by molar-refractivity contribution is -0.115. The SMILES string of the molecule is O=C(Cc1ccccc1)Nc1ccc2c(=O)c3cccc(Cl)c3oc2c1. The Morgan fingerprint density at radius 2 is 1.77 bits per heavy atom. The number of fused-ring (bicyclic) bond motifs is 2. The predicted octanol–water partition coefficient (Wildman–Crippen LogP) is 4.78. The van der Waals surface area contributed by atoms with Crippen LogP contribution >= 0.6 is 11.6 Å². The van der Waals surface area contributed by atoms with E-state index in [4.69, 9.17) is 16.0 Å². The molecule has 3 aromatic carbocycles. The van der Waals surface area contributed by atoms with Crippen LogP contribution in [0.2, 0.25) is 5.02 Å². The van der Waals surface area contributed by atoms with E-state index in [1.54, 1.807) is 36.4 Å². The molecule has 1 amide bonds. The lowest BCUT2D eigenvalue weighted by Gasteiger charge is -2.07. The van der Waals surface area contributed by atoms with Crippen LogP contribution in [0.1, 0.15) is 5.56 Å². The van der Waals surface area contributed by atoms with Crippen LogP contribution in [0.25, 0.3) is 21.9 Å². The first-order chi connectivity index (χ1) is 12.6. The minimum atomic E-state index is -0.147. The van der Waals surface area contributed by atoms with Crippen LogP contribution in [0.3, 0.4) is 0 Å². The van der Waals surface area contributed by atoms with Crippen LogP contribution in [-0.4, -0.2) is 5.91 Å². The lowest BCUT2D eigenvalue weighted by Crippen LogP contribution is -2.14. The Balaban J connectivity index is 1.69. The highest BCUT2D eigenvalue weighted by molar-refractivity contribution is 6.34. The summed E-state index contributed by atoms with van der Waals surface area (Å²) in [6.45, 7) is 0. The molecule has 0 aliphatic heterocycles. The van der Waals surface area contributed by atoms with Crippen LogP contribution in [0, 0.1) is 0 Å². The van der Waals surface area contributed by atoms with Gasteiger partial charge >= 0.3 is 0 Å². The molecule has 4 rings (SSSR count). The van der Waals surface area contributed by atoms with Crippen molar-refractivity contribution in [2.45, 2.75) is 6.42 Å². The first kappa shape index (κ1) is 16.4. The Hall–Kier alpha value is -3.11. The van der Waals surface area contributed by atoms with Gasteiger partial charge in [0.05, 0.1) is 22.2 Å². The standard InChI is InChI=1S/C21H14ClNO3/c22-17-8-4-7-16-20(25)15-10-9-14(12-18(15)26-21(16)17)23-19(24)11-13-5-2-1-3-6-13/h1-10,12H,11H2,(H,23,24). The second-order valence-electron chi connectivity index (χ2n) is 5.97. The van der Waals surface area contributed by atoms with Crippen LogP contribution < -0.4 is 10.7 Å². The fraction of sp³-hybridized carbons (Fsp3) is 0.0476. The van der Waals surface area contributed by atoms with Crippen molar-refractivity contribution in [1.29, 1.82) is 0 Å². The summed E-state index contributed by atoms with van der Waals surface area (Å²) in [6, 6.07) is 19.5. The van der Waals surface area contributed by atoms with Gasteiger partial charge in [-0.25, -0.2) is 0 Å². The van der Waals surface area contributed by atoms with Crippen LogP contribution in [-0.2, 0) is 11.2 Å². The monoisotopic (exact) mass is 363 g/mol. The van der Waals surface area contributed by atoms with E-state index in [1.165, 1.54) is 0 Å². The predicted molar refractivity (Wildman–Crippen MR) is 104 cm³/mol. The number of amides is 1. The first-order valence-corrected chi connectivity index (χ1v) is 8.48. The second kappa shape index (κ2) is 6.65. The van der Waals surface area contributed by atoms with Gasteiger partial charge in [-0.15, -0.1) is 0 Å². The maximum Gasteiger partial charge on any atom is 0.228 e. The minimum absolute atomic E-state index is 0.142. The third-order valence-electron chi connectivity index (χ3n) is 4.14. The van der Waals surface area contributed by atoms with E-state index in [-0.39, 0.29) is 17.8 Å². The maximum absolute atomic E-state index is 12.6. The number of carbonyl (C=O) groups is 1. The van der Waals surface area contributed by atoms with E-state index in [0.29, 0.717) is 32.6 Å². The average molecular weight is 364 g/mol. The number of rotatable bonds is 3. The topological polar surface area (TPSA) is 59.3 Å². The molecule has 128 valence electrons. The normalized spacial score (nSPS) is 11.0. The van der Waals surface area contributed by atoms with Crippen LogP contribution in [0.5, 0.6) is 0 Å². The molecule has 4 nitrogen and oxygen atoms in total. The van der Waals surface area contributed by atoms with Gasteiger partial charge in [0.15, 0.2) is 5.58 Å². The molecule has 5 heteroatoms. The van der Waals surface area contributed by atoms with Gasteiger partial charge in [-0.1, -0.05) is 48.0 Å². The fourth-order valence-electron chi connectivity index (χ4n) is 2.90.